The van der Waals surface area contributed by atoms with Crippen LogP contribution < -0.4 is 15.4 Å². The Kier molecular flexibility index (Phi) is 8.38. The maximum atomic E-state index is 13.1. The highest BCUT2D eigenvalue weighted by Crippen LogP contribution is 2.49. The van der Waals surface area contributed by atoms with E-state index in [0.29, 0.717) is 13.1 Å². The molecule has 37 heavy (non-hydrogen) atoms. The van der Waals surface area contributed by atoms with Gasteiger partial charge in [-0.25, -0.2) is 23.1 Å². The molecule has 18 heteroatoms. The molecule has 2 aromatic rings. The first kappa shape index (κ1) is 29.0. The average molecular weight is 577 g/mol. The number of alkyl halides is 6. The van der Waals surface area contributed by atoms with Crippen LogP contribution in [0.1, 0.15) is 12.5 Å². The molecule has 1 aliphatic rings. The van der Waals surface area contributed by atoms with Crippen molar-refractivity contribution in [1.29, 1.82) is 0 Å². The number of carbonyl (C=O) groups excluding carboxylic acids is 1. The third-order valence-corrected chi connectivity index (χ3v) is 8.40. The average Bonchev–Trinajstić information content (AvgIpc) is 3.35. The summed E-state index contributed by atoms with van der Waals surface area (Å²) in [5.41, 5.74) is -6.83. The van der Waals surface area contributed by atoms with Gasteiger partial charge in [-0.05, 0) is 18.4 Å². The monoisotopic (exact) mass is 576 g/mol. The van der Waals surface area contributed by atoms with Crippen LogP contribution in [-0.2, 0) is 20.4 Å². The molecule has 1 saturated heterocycles. The van der Waals surface area contributed by atoms with Crippen LogP contribution in [0, 0.1) is 0 Å². The van der Waals surface area contributed by atoms with E-state index in [0.717, 1.165) is 11.3 Å². The van der Waals surface area contributed by atoms with Gasteiger partial charge in [0.05, 0.1) is 12.1 Å². The predicted molar refractivity (Wildman–Crippen MR) is 119 cm³/mol. The third-order valence-electron chi connectivity index (χ3n) is 5.58. The molecule has 0 saturated carbocycles. The van der Waals surface area contributed by atoms with E-state index in [-0.39, 0.29) is 35.6 Å². The van der Waals surface area contributed by atoms with Gasteiger partial charge >= 0.3 is 12.4 Å². The van der Waals surface area contributed by atoms with Crippen LogP contribution in [0.15, 0.2) is 34.1 Å². The number of sulfonamides is 1. The zero-order valence-electron chi connectivity index (χ0n) is 19.0. The molecule has 0 aliphatic carbocycles. The minimum Gasteiger partial charge on any atom is -0.369 e. The van der Waals surface area contributed by atoms with Crippen LogP contribution in [0.4, 0.5) is 32.3 Å². The van der Waals surface area contributed by atoms with Gasteiger partial charge in [-0.3, -0.25) is 9.69 Å². The number of nitrogens with zero attached hydrogens (tertiary/aromatic N) is 3. The zero-order chi connectivity index (χ0) is 27.6. The van der Waals surface area contributed by atoms with E-state index >= 15 is 0 Å². The second kappa shape index (κ2) is 10.7. The Morgan fingerprint density at radius 3 is 2.38 bits per heavy atom. The second-order valence-electron chi connectivity index (χ2n) is 8.09. The fourth-order valence-electron chi connectivity index (χ4n) is 3.48. The van der Waals surface area contributed by atoms with E-state index in [4.69, 9.17) is 0 Å². The lowest BCUT2D eigenvalue weighted by atomic mass is 9.95. The Morgan fingerprint density at radius 1 is 1.22 bits per heavy atom. The van der Waals surface area contributed by atoms with Crippen molar-refractivity contribution in [3.63, 3.8) is 0 Å². The molecule has 10 nitrogen and oxygen atoms in total. The number of aliphatic hydroxyl groups is 1. The zero-order valence-corrected chi connectivity index (χ0v) is 20.6. The number of halogens is 6. The van der Waals surface area contributed by atoms with Gasteiger partial charge in [-0.1, -0.05) is 6.07 Å². The molecule has 0 radical (unpaired) electrons. The van der Waals surface area contributed by atoms with Crippen LogP contribution >= 0.6 is 11.3 Å². The number of carbonyl (C=O) groups is 1. The number of thiophene rings is 1. The summed E-state index contributed by atoms with van der Waals surface area (Å²) < 4.78 is 106. The normalized spacial score (nSPS) is 18.9. The van der Waals surface area contributed by atoms with Crippen molar-refractivity contribution >= 4 is 33.2 Å². The van der Waals surface area contributed by atoms with Gasteiger partial charge in [-0.2, -0.15) is 26.3 Å². The Labute approximate surface area is 211 Å². The fourth-order valence-corrected chi connectivity index (χ4v) is 5.60. The topological polar surface area (TPSA) is 137 Å². The first-order chi connectivity index (χ1) is 17.1. The van der Waals surface area contributed by atoms with Crippen LogP contribution in [-0.4, -0.2) is 84.9 Å². The summed E-state index contributed by atoms with van der Waals surface area (Å²) in [6.07, 6.45) is -11.8. The van der Waals surface area contributed by atoms with Gasteiger partial charge in [0.2, 0.25) is 21.9 Å². The molecule has 206 valence electrons. The van der Waals surface area contributed by atoms with Crippen molar-refractivity contribution in [2.45, 2.75) is 41.2 Å². The van der Waals surface area contributed by atoms with Crippen molar-refractivity contribution in [1.82, 2.24) is 24.9 Å². The molecule has 1 amide bonds. The summed E-state index contributed by atoms with van der Waals surface area (Å²) >= 11 is 0.963. The minimum atomic E-state index is -6.10. The van der Waals surface area contributed by atoms with E-state index in [9.17, 15) is 44.7 Å². The highest BCUT2D eigenvalue weighted by atomic mass is 32.2. The molecule has 2 atom stereocenters. The Hall–Kier alpha value is -2.54. The summed E-state index contributed by atoms with van der Waals surface area (Å²) in [6, 6.07) is 1.44. The van der Waals surface area contributed by atoms with Crippen molar-refractivity contribution in [2.24, 2.45) is 0 Å². The Balaban J connectivity index is 1.83. The van der Waals surface area contributed by atoms with Crippen molar-refractivity contribution in [3.8, 4) is 0 Å². The lowest BCUT2D eigenvalue weighted by Gasteiger charge is -2.35. The fraction of sp³-hybridized carbons (Fsp3) is 0.526. The van der Waals surface area contributed by atoms with Crippen molar-refractivity contribution < 1.29 is 44.7 Å². The number of nitrogens with one attached hydrogen (secondary N) is 3. The van der Waals surface area contributed by atoms with E-state index in [1.165, 1.54) is 12.1 Å². The summed E-state index contributed by atoms with van der Waals surface area (Å²) in [7, 11) is -3.92. The number of anilines is 1. The van der Waals surface area contributed by atoms with Crippen LogP contribution in [0.25, 0.3) is 0 Å². The smallest absolute Gasteiger partial charge is 0.369 e. The highest BCUT2D eigenvalue weighted by Gasteiger charge is 2.71. The molecule has 0 aromatic carbocycles. The summed E-state index contributed by atoms with van der Waals surface area (Å²) in [6.45, 7) is 2.08. The number of rotatable bonds is 9. The van der Waals surface area contributed by atoms with Gasteiger partial charge in [0.1, 0.15) is 4.21 Å². The predicted octanol–water partition coefficient (Wildman–Crippen LogP) is 1.43. The largest absolute Gasteiger partial charge is 0.430 e. The molecule has 3 rings (SSSR count). The highest BCUT2D eigenvalue weighted by molar-refractivity contribution is 7.91. The molecule has 3 heterocycles. The molecule has 2 unspecified atom stereocenters. The van der Waals surface area contributed by atoms with Crippen LogP contribution in [0.5, 0.6) is 0 Å². The van der Waals surface area contributed by atoms with E-state index in [1.807, 2.05) is 0 Å². The molecule has 2 aromatic heterocycles. The van der Waals surface area contributed by atoms with E-state index in [2.05, 4.69) is 25.3 Å². The van der Waals surface area contributed by atoms with Crippen molar-refractivity contribution in [2.75, 3.05) is 31.5 Å². The van der Waals surface area contributed by atoms with Gasteiger partial charge in [-0.15, -0.1) is 11.3 Å². The van der Waals surface area contributed by atoms with Gasteiger partial charge < -0.3 is 15.7 Å². The first-order valence-electron chi connectivity index (χ1n) is 10.6. The summed E-state index contributed by atoms with van der Waals surface area (Å²) in [4.78, 5) is 20.7. The van der Waals surface area contributed by atoms with Crippen LogP contribution in [0.2, 0.25) is 0 Å². The third kappa shape index (κ3) is 6.31. The lowest BCUT2D eigenvalue weighted by Crippen LogP contribution is -2.57. The Morgan fingerprint density at radius 2 is 1.84 bits per heavy atom. The molecule has 1 aliphatic heterocycles. The number of piperazine rings is 1. The van der Waals surface area contributed by atoms with Gasteiger partial charge in [0, 0.05) is 44.1 Å². The lowest BCUT2D eigenvalue weighted by molar-refractivity contribution is -0.376. The molecule has 1 fully saturated rings. The van der Waals surface area contributed by atoms with E-state index < -0.39 is 51.6 Å². The SMILES string of the molecule is CC1C(=O)NCCN1CC(CNS(=O)(=O)c1cccs1)Nc1ncc(C(O)(C(F)(F)F)C(F)(F)F)cn1. The number of aromatic nitrogens is 2. The molecular weight excluding hydrogens is 554 g/mol. The summed E-state index contributed by atoms with van der Waals surface area (Å²) in [5, 5.41) is 16.4. The maximum Gasteiger partial charge on any atom is 0.430 e. The number of hydrogen-bond acceptors (Lipinski definition) is 9. The van der Waals surface area contributed by atoms with Crippen LogP contribution in [0.3, 0.4) is 0 Å². The Bertz CT molecular complexity index is 1160. The van der Waals surface area contributed by atoms with Crippen molar-refractivity contribution in [3.05, 3.63) is 35.5 Å². The molecule has 4 N–H and O–H groups in total. The minimum absolute atomic E-state index is 0.0242. The van der Waals surface area contributed by atoms with E-state index in [1.54, 1.807) is 17.2 Å². The van der Waals surface area contributed by atoms with Gasteiger partial charge in [0.15, 0.2) is 0 Å². The maximum absolute atomic E-state index is 13.1. The quantitative estimate of drug-likeness (QED) is 0.329. The summed E-state index contributed by atoms with van der Waals surface area (Å²) in [5.74, 6) is -0.701. The standard InChI is InChI=1S/C19H22F6N6O4S2/c1-11-15(32)26-4-5-31(11)10-13(9-29-37(34,35)14-3-2-6-36-14)30-16-27-7-12(8-28-16)17(33,18(20,21)22)19(23,24)25/h2-3,6-8,11,13,29,33H,4-5,9-10H2,1H3,(H,26,32)(H,27,28,30). The first-order valence-corrected chi connectivity index (χ1v) is 12.9. The number of amides is 1. The molecule has 0 bridgehead atoms. The molecular formula is C19H22F6N6O4S2. The number of hydrogen-bond donors (Lipinski definition) is 4. The second-order valence-corrected chi connectivity index (χ2v) is 11.0. The molecule has 0 spiro atoms. The van der Waals surface area contributed by atoms with Gasteiger partial charge in [0.25, 0.3) is 5.60 Å².